The Morgan fingerprint density at radius 1 is 1.28 bits per heavy atom. The van der Waals surface area contributed by atoms with Gasteiger partial charge in [-0.15, -0.1) is 0 Å². The van der Waals surface area contributed by atoms with Crippen molar-refractivity contribution in [1.82, 2.24) is 10.2 Å². The lowest BCUT2D eigenvalue weighted by Crippen LogP contribution is -2.45. The van der Waals surface area contributed by atoms with Crippen LogP contribution in [-0.2, 0) is 0 Å². The van der Waals surface area contributed by atoms with Crippen LogP contribution >= 0.6 is 0 Å². The molecule has 0 bridgehead atoms. The second-order valence-electron chi connectivity index (χ2n) is 5.64. The molecule has 0 radical (unpaired) electrons. The van der Waals surface area contributed by atoms with E-state index in [0.29, 0.717) is 12.1 Å². The Morgan fingerprint density at radius 3 is 2.72 bits per heavy atom. The summed E-state index contributed by atoms with van der Waals surface area (Å²) in [7, 11) is 2.08. The summed E-state index contributed by atoms with van der Waals surface area (Å²) in [5.74, 6) is 0. The van der Waals surface area contributed by atoms with Crippen molar-refractivity contribution in [3.63, 3.8) is 0 Å². The number of benzene rings is 1. The van der Waals surface area contributed by atoms with Crippen LogP contribution in [0.3, 0.4) is 0 Å². The topological polar surface area (TPSA) is 15.3 Å². The van der Waals surface area contributed by atoms with Gasteiger partial charge >= 0.3 is 0 Å². The van der Waals surface area contributed by atoms with E-state index in [4.69, 9.17) is 0 Å². The molecule has 1 aliphatic rings. The normalized spacial score (nSPS) is 23.0. The summed E-state index contributed by atoms with van der Waals surface area (Å²) in [6.07, 6.45) is 2.62. The van der Waals surface area contributed by atoms with Crippen molar-refractivity contribution in [3.05, 3.63) is 34.9 Å². The first-order valence-electron chi connectivity index (χ1n) is 7.10. The molecule has 0 aliphatic carbocycles. The van der Waals surface area contributed by atoms with Crippen LogP contribution in [-0.4, -0.2) is 31.1 Å². The molecule has 1 aliphatic heterocycles. The van der Waals surface area contributed by atoms with Crippen LogP contribution in [0.5, 0.6) is 0 Å². The molecule has 1 aromatic rings. The molecule has 2 rings (SSSR count). The van der Waals surface area contributed by atoms with E-state index in [2.05, 4.69) is 56.2 Å². The molecule has 2 atom stereocenters. The third-order valence-corrected chi connectivity index (χ3v) is 4.42. The Morgan fingerprint density at radius 2 is 2.06 bits per heavy atom. The number of nitrogens with zero attached hydrogens (tertiary/aromatic N) is 1. The molecule has 1 fully saturated rings. The average Bonchev–Trinajstić information content (AvgIpc) is 2.41. The molecule has 100 valence electrons. The third-order valence-electron chi connectivity index (χ3n) is 4.42. The minimum atomic E-state index is 0.528. The van der Waals surface area contributed by atoms with Crippen molar-refractivity contribution >= 4 is 0 Å². The van der Waals surface area contributed by atoms with Crippen LogP contribution in [0.4, 0.5) is 0 Å². The number of hydrogen-bond donors (Lipinski definition) is 1. The molecular weight excluding hydrogens is 220 g/mol. The Kier molecular flexibility index (Phi) is 4.41. The van der Waals surface area contributed by atoms with Crippen molar-refractivity contribution in [2.24, 2.45) is 0 Å². The summed E-state index contributed by atoms with van der Waals surface area (Å²) in [5, 5.41) is 3.42. The van der Waals surface area contributed by atoms with Gasteiger partial charge in [0.1, 0.15) is 0 Å². The Hall–Kier alpha value is -0.860. The lowest BCUT2D eigenvalue weighted by atomic mass is 9.98. The molecule has 2 heteroatoms. The molecule has 0 aromatic heterocycles. The summed E-state index contributed by atoms with van der Waals surface area (Å²) in [5.41, 5.74) is 4.24. The monoisotopic (exact) mass is 246 g/mol. The highest BCUT2D eigenvalue weighted by Gasteiger charge is 2.23. The average molecular weight is 246 g/mol. The fraction of sp³-hybridized carbons (Fsp3) is 0.625. The van der Waals surface area contributed by atoms with Gasteiger partial charge in [-0.1, -0.05) is 18.2 Å². The van der Waals surface area contributed by atoms with Crippen LogP contribution in [0, 0.1) is 13.8 Å². The zero-order chi connectivity index (χ0) is 13.1. The highest BCUT2D eigenvalue weighted by atomic mass is 15.2. The minimum Gasteiger partial charge on any atom is -0.316 e. The second kappa shape index (κ2) is 5.85. The first-order chi connectivity index (χ1) is 8.61. The molecular formula is C16H26N2. The van der Waals surface area contributed by atoms with Crippen LogP contribution in [0.25, 0.3) is 0 Å². The number of rotatable bonds is 3. The highest BCUT2D eigenvalue weighted by molar-refractivity contribution is 5.31. The first kappa shape index (κ1) is 13.6. The molecule has 1 heterocycles. The summed E-state index contributed by atoms with van der Waals surface area (Å²) in [6.45, 7) is 9.12. The van der Waals surface area contributed by atoms with E-state index in [9.17, 15) is 0 Å². The van der Waals surface area contributed by atoms with E-state index in [-0.39, 0.29) is 0 Å². The largest absolute Gasteiger partial charge is 0.316 e. The van der Waals surface area contributed by atoms with E-state index < -0.39 is 0 Å². The van der Waals surface area contributed by atoms with Gasteiger partial charge in [0.2, 0.25) is 0 Å². The van der Waals surface area contributed by atoms with E-state index in [1.165, 1.54) is 42.6 Å². The number of piperidine rings is 1. The van der Waals surface area contributed by atoms with Crippen LogP contribution in [0.1, 0.15) is 42.5 Å². The predicted molar refractivity (Wildman–Crippen MR) is 78.0 cm³/mol. The summed E-state index contributed by atoms with van der Waals surface area (Å²) in [4.78, 5) is 2.61. The lowest BCUT2D eigenvalue weighted by molar-refractivity contribution is 0.149. The Balaban J connectivity index is 2.10. The quantitative estimate of drug-likeness (QED) is 0.882. The van der Waals surface area contributed by atoms with Gasteiger partial charge in [0.15, 0.2) is 0 Å². The molecule has 2 unspecified atom stereocenters. The Bertz CT molecular complexity index is 400. The van der Waals surface area contributed by atoms with Gasteiger partial charge in [-0.3, -0.25) is 4.90 Å². The van der Waals surface area contributed by atoms with Crippen molar-refractivity contribution in [1.29, 1.82) is 0 Å². The first-order valence-corrected chi connectivity index (χ1v) is 7.10. The third kappa shape index (κ3) is 2.93. The van der Waals surface area contributed by atoms with Gasteiger partial charge in [-0.2, -0.15) is 0 Å². The van der Waals surface area contributed by atoms with Crippen molar-refractivity contribution in [2.45, 2.75) is 45.7 Å². The summed E-state index contributed by atoms with van der Waals surface area (Å²) >= 11 is 0. The molecule has 0 spiro atoms. The lowest BCUT2D eigenvalue weighted by Gasteiger charge is -2.37. The van der Waals surface area contributed by atoms with Gasteiger partial charge < -0.3 is 5.32 Å². The summed E-state index contributed by atoms with van der Waals surface area (Å²) in [6, 6.07) is 8.08. The van der Waals surface area contributed by atoms with E-state index in [1.54, 1.807) is 0 Å². The van der Waals surface area contributed by atoms with E-state index >= 15 is 0 Å². The van der Waals surface area contributed by atoms with E-state index in [0.717, 1.165) is 0 Å². The standard InChI is InChI=1S/C16H26N2/c1-12-7-8-15(10-13(12)2)14(3)18-9-5-6-16(11-18)17-4/h7-8,10,14,16-17H,5-6,9,11H2,1-4H3. The number of likely N-dealkylation sites (N-methyl/N-ethyl adjacent to an activating group) is 1. The van der Waals surface area contributed by atoms with Crippen LogP contribution in [0.2, 0.25) is 0 Å². The minimum absolute atomic E-state index is 0.528. The Labute approximate surface area is 111 Å². The fourth-order valence-electron chi connectivity index (χ4n) is 2.83. The van der Waals surface area contributed by atoms with E-state index in [1.807, 2.05) is 0 Å². The van der Waals surface area contributed by atoms with Gasteiger partial charge in [-0.25, -0.2) is 0 Å². The van der Waals surface area contributed by atoms with Crippen molar-refractivity contribution in [3.8, 4) is 0 Å². The smallest absolute Gasteiger partial charge is 0.0320 e. The van der Waals surface area contributed by atoms with Gasteiger partial charge in [0.25, 0.3) is 0 Å². The molecule has 2 nitrogen and oxygen atoms in total. The van der Waals surface area contributed by atoms with Crippen molar-refractivity contribution in [2.75, 3.05) is 20.1 Å². The SMILES string of the molecule is CNC1CCCN(C(C)c2ccc(C)c(C)c2)C1. The van der Waals surface area contributed by atoms with Gasteiger partial charge in [0, 0.05) is 18.6 Å². The second-order valence-corrected chi connectivity index (χ2v) is 5.64. The maximum absolute atomic E-state index is 3.42. The zero-order valence-corrected chi connectivity index (χ0v) is 12.2. The highest BCUT2D eigenvalue weighted by Crippen LogP contribution is 2.25. The molecule has 1 saturated heterocycles. The van der Waals surface area contributed by atoms with Crippen LogP contribution < -0.4 is 5.32 Å². The van der Waals surface area contributed by atoms with Crippen LogP contribution in [0.15, 0.2) is 18.2 Å². The van der Waals surface area contributed by atoms with Gasteiger partial charge in [-0.05, 0) is 63.9 Å². The molecule has 18 heavy (non-hydrogen) atoms. The molecule has 0 amide bonds. The maximum Gasteiger partial charge on any atom is 0.0320 e. The maximum atomic E-state index is 3.42. The number of likely N-dealkylation sites (tertiary alicyclic amines) is 1. The zero-order valence-electron chi connectivity index (χ0n) is 12.2. The molecule has 0 saturated carbocycles. The van der Waals surface area contributed by atoms with Crippen molar-refractivity contribution < 1.29 is 0 Å². The number of nitrogens with one attached hydrogen (secondary N) is 1. The summed E-state index contributed by atoms with van der Waals surface area (Å²) < 4.78 is 0. The number of hydrogen-bond acceptors (Lipinski definition) is 2. The number of aryl methyl sites for hydroxylation is 2. The van der Waals surface area contributed by atoms with Gasteiger partial charge in [0.05, 0.1) is 0 Å². The molecule has 1 N–H and O–H groups in total. The predicted octanol–water partition coefficient (Wildman–Crippen LogP) is 3.05. The fourth-order valence-corrected chi connectivity index (χ4v) is 2.83. The molecule has 1 aromatic carbocycles.